The maximum absolute atomic E-state index is 12.0. The zero-order chi connectivity index (χ0) is 10.7. The first-order valence-electron chi connectivity index (χ1n) is 5.16. The SMILES string of the molecule is O=Cc1ccccc1C(=O)N1CCCC1. The molecule has 0 aliphatic carbocycles. The van der Waals surface area contributed by atoms with E-state index in [-0.39, 0.29) is 5.91 Å². The predicted octanol–water partition coefficient (Wildman–Crippen LogP) is 1.74. The Labute approximate surface area is 88.7 Å². The summed E-state index contributed by atoms with van der Waals surface area (Å²) in [5.41, 5.74) is 1.00. The fraction of sp³-hybridized carbons (Fsp3) is 0.333. The molecule has 0 atom stereocenters. The van der Waals surface area contributed by atoms with Crippen LogP contribution in [0.25, 0.3) is 0 Å². The molecule has 1 saturated heterocycles. The smallest absolute Gasteiger partial charge is 0.254 e. The van der Waals surface area contributed by atoms with E-state index >= 15 is 0 Å². The Bertz CT molecular complexity index is 381. The number of aldehydes is 1. The fourth-order valence-corrected chi connectivity index (χ4v) is 1.89. The number of carbonyl (C=O) groups excluding carboxylic acids is 2. The van der Waals surface area contributed by atoms with Crippen LogP contribution in [0, 0.1) is 0 Å². The van der Waals surface area contributed by atoms with Crippen LogP contribution in [0.15, 0.2) is 24.3 Å². The van der Waals surface area contributed by atoms with Gasteiger partial charge in [-0.15, -0.1) is 0 Å². The third-order valence-corrected chi connectivity index (χ3v) is 2.71. The van der Waals surface area contributed by atoms with Crippen molar-refractivity contribution in [2.75, 3.05) is 13.1 Å². The third-order valence-electron chi connectivity index (χ3n) is 2.71. The lowest BCUT2D eigenvalue weighted by Gasteiger charge is -2.15. The Balaban J connectivity index is 2.27. The number of hydrogen-bond acceptors (Lipinski definition) is 2. The summed E-state index contributed by atoms with van der Waals surface area (Å²) in [4.78, 5) is 24.6. The Hall–Kier alpha value is -1.64. The van der Waals surface area contributed by atoms with Gasteiger partial charge in [0.2, 0.25) is 0 Å². The second-order valence-corrected chi connectivity index (χ2v) is 3.70. The maximum Gasteiger partial charge on any atom is 0.254 e. The third kappa shape index (κ3) is 1.91. The molecule has 1 fully saturated rings. The van der Waals surface area contributed by atoms with Crippen LogP contribution in [0.5, 0.6) is 0 Å². The van der Waals surface area contributed by atoms with Gasteiger partial charge in [-0.05, 0) is 18.9 Å². The fourth-order valence-electron chi connectivity index (χ4n) is 1.89. The average Bonchev–Trinajstić information content (AvgIpc) is 2.81. The van der Waals surface area contributed by atoms with E-state index in [1.54, 1.807) is 24.3 Å². The summed E-state index contributed by atoms with van der Waals surface area (Å²) >= 11 is 0. The molecule has 0 aromatic heterocycles. The van der Waals surface area contributed by atoms with Crippen LogP contribution in [0.1, 0.15) is 33.6 Å². The first-order valence-corrected chi connectivity index (χ1v) is 5.16. The first-order chi connectivity index (χ1) is 7.33. The highest BCUT2D eigenvalue weighted by atomic mass is 16.2. The minimum Gasteiger partial charge on any atom is -0.339 e. The van der Waals surface area contributed by atoms with Crippen molar-refractivity contribution in [2.45, 2.75) is 12.8 Å². The largest absolute Gasteiger partial charge is 0.339 e. The minimum atomic E-state index is -0.0183. The van der Waals surface area contributed by atoms with Gasteiger partial charge in [-0.3, -0.25) is 9.59 Å². The monoisotopic (exact) mass is 203 g/mol. The highest BCUT2D eigenvalue weighted by Crippen LogP contribution is 2.14. The molecule has 1 aromatic rings. The van der Waals surface area contributed by atoms with Gasteiger partial charge in [0.05, 0.1) is 5.56 Å². The van der Waals surface area contributed by atoms with E-state index in [9.17, 15) is 9.59 Å². The Morgan fingerprint density at radius 3 is 2.53 bits per heavy atom. The molecule has 15 heavy (non-hydrogen) atoms. The number of likely N-dealkylation sites (tertiary alicyclic amines) is 1. The molecule has 3 nitrogen and oxygen atoms in total. The summed E-state index contributed by atoms with van der Waals surface area (Å²) in [6.45, 7) is 1.62. The summed E-state index contributed by atoms with van der Waals surface area (Å²) in [5.74, 6) is -0.0183. The van der Waals surface area contributed by atoms with E-state index < -0.39 is 0 Å². The van der Waals surface area contributed by atoms with E-state index in [0.717, 1.165) is 32.2 Å². The Morgan fingerprint density at radius 2 is 1.87 bits per heavy atom. The van der Waals surface area contributed by atoms with Gasteiger partial charge in [0.25, 0.3) is 5.91 Å². The number of hydrogen-bond donors (Lipinski definition) is 0. The summed E-state index contributed by atoms with van der Waals surface area (Å²) in [6, 6.07) is 6.95. The zero-order valence-corrected chi connectivity index (χ0v) is 8.48. The van der Waals surface area contributed by atoms with Crippen molar-refractivity contribution in [1.29, 1.82) is 0 Å². The molecule has 0 N–H and O–H groups in total. The average molecular weight is 203 g/mol. The quantitative estimate of drug-likeness (QED) is 0.686. The number of carbonyl (C=O) groups is 2. The lowest BCUT2D eigenvalue weighted by molar-refractivity contribution is 0.0789. The van der Waals surface area contributed by atoms with E-state index in [4.69, 9.17) is 0 Å². The van der Waals surface area contributed by atoms with Crippen molar-refractivity contribution >= 4 is 12.2 Å². The molecular formula is C12H13NO2. The van der Waals surface area contributed by atoms with Crippen LogP contribution in [0.4, 0.5) is 0 Å². The minimum absolute atomic E-state index is 0.0183. The summed E-state index contributed by atoms with van der Waals surface area (Å²) < 4.78 is 0. The summed E-state index contributed by atoms with van der Waals surface area (Å²) in [6.07, 6.45) is 2.87. The van der Waals surface area contributed by atoms with Gasteiger partial charge in [0, 0.05) is 18.7 Å². The molecule has 0 radical (unpaired) electrons. The number of benzene rings is 1. The van der Waals surface area contributed by atoms with E-state index in [1.165, 1.54) is 0 Å². The molecule has 78 valence electrons. The van der Waals surface area contributed by atoms with Gasteiger partial charge in [-0.2, -0.15) is 0 Å². The Kier molecular flexibility index (Phi) is 2.81. The van der Waals surface area contributed by atoms with Crippen molar-refractivity contribution in [3.05, 3.63) is 35.4 Å². The topological polar surface area (TPSA) is 37.4 Å². The second-order valence-electron chi connectivity index (χ2n) is 3.70. The van der Waals surface area contributed by atoms with Crippen molar-refractivity contribution in [1.82, 2.24) is 4.90 Å². The van der Waals surface area contributed by atoms with Crippen molar-refractivity contribution < 1.29 is 9.59 Å². The molecule has 1 aromatic carbocycles. The lowest BCUT2D eigenvalue weighted by atomic mass is 10.1. The number of amides is 1. The molecule has 0 spiro atoms. The van der Waals surface area contributed by atoms with Crippen LogP contribution in [-0.2, 0) is 0 Å². The van der Waals surface area contributed by atoms with Crippen LogP contribution in [0.3, 0.4) is 0 Å². The molecule has 1 amide bonds. The van der Waals surface area contributed by atoms with Gasteiger partial charge in [0.15, 0.2) is 6.29 Å². The summed E-state index contributed by atoms with van der Waals surface area (Å²) in [5, 5.41) is 0. The van der Waals surface area contributed by atoms with Crippen LogP contribution in [0.2, 0.25) is 0 Å². The van der Waals surface area contributed by atoms with Crippen LogP contribution >= 0.6 is 0 Å². The van der Waals surface area contributed by atoms with Gasteiger partial charge >= 0.3 is 0 Å². The molecule has 0 saturated carbocycles. The van der Waals surface area contributed by atoms with Gasteiger partial charge in [-0.25, -0.2) is 0 Å². The van der Waals surface area contributed by atoms with Crippen LogP contribution < -0.4 is 0 Å². The van der Waals surface area contributed by atoms with Crippen molar-refractivity contribution in [3.8, 4) is 0 Å². The van der Waals surface area contributed by atoms with E-state index in [2.05, 4.69) is 0 Å². The summed E-state index contributed by atoms with van der Waals surface area (Å²) in [7, 11) is 0. The molecule has 0 bridgehead atoms. The number of nitrogens with zero attached hydrogens (tertiary/aromatic N) is 1. The standard InChI is InChI=1S/C12H13NO2/c14-9-10-5-1-2-6-11(10)12(15)13-7-3-4-8-13/h1-2,5-6,9H,3-4,7-8H2. The van der Waals surface area contributed by atoms with Crippen LogP contribution in [-0.4, -0.2) is 30.2 Å². The highest BCUT2D eigenvalue weighted by molar-refractivity contribution is 6.01. The molecular weight excluding hydrogens is 190 g/mol. The molecule has 0 unspecified atom stereocenters. The maximum atomic E-state index is 12.0. The molecule has 1 aliphatic rings. The zero-order valence-electron chi connectivity index (χ0n) is 8.48. The molecule has 2 rings (SSSR count). The van der Waals surface area contributed by atoms with Gasteiger partial charge < -0.3 is 4.90 Å². The second kappa shape index (κ2) is 4.26. The van der Waals surface area contributed by atoms with Crippen molar-refractivity contribution in [3.63, 3.8) is 0 Å². The lowest BCUT2D eigenvalue weighted by Crippen LogP contribution is -2.28. The number of rotatable bonds is 2. The first kappa shape index (κ1) is 9.90. The molecule has 3 heteroatoms. The molecule has 1 aliphatic heterocycles. The van der Waals surface area contributed by atoms with E-state index in [0.29, 0.717) is 11.1 Å². The van der Waals surface area contributed by atoms with Crippen molar-refractivity contribution in [2.24, 2.45) is 0 Å². The highest BCUT2D eigenvalue weighted by Gasteiger charge is 2.20. The normalized spacial score (nSPS) is 15.3. The van der Waals surface area contributed by atoms with Gasteiger partial charge in [0.1, 0.15) is 0 Å². The predicted molar refractivity (Wildman–Crippen MR) is 57.0 cm³/mol. The molecule has 1 heterocycles. The Morgan fingerprint density at radius 1 is 1.20 bits per heavy atom. The van der Waals surface area contributed by atoms with E-state index in [1.807, 2.05) is 4.90 Å². The van der Waals surface area contributed by atoms with Gasteiger partial charge in [-0.1, -0.05) is 18.2 Å².